The van der Waals surface area contributed by atoms with Gasteiger partial charge in [0, 0.05) is 36.3 Å². The van der Waals surface area contributed by atoms with E-state index in [2.05, 4.69) is 28.1 Å². The number of piperidine rings is 1. The molecule has 4 aromatic rings. The number of nitrogens with zero attached hydrogens (tertiary/aromatic N) is 4. The molecule has 1 aliphatic heterocycles. The molecule has 1 fully saturated rings. The van der Waals surface area contributed by atoms with Crippen molar-refractivity contribution < 1.29 is 13.2 Å². The Balaban J connectivity index is 1.66. The molecule has 5 rings (SSSR count). The van der Waals surface area contributed by atoms with Gasteiger partial charge in [0.2, 0.25) is 0 Å². The molecule has 0 N–H and O–H groups in total. The van der Waals surface area contributed by atoms with Gasteiger partial charge in [0.15, 0.2) is 11.5 Å². The smallest absolute Gasteiger partial charge is 0.348 e. The van der Waals surface area contributed by atoms with Crippen LogP contribution in [0.5, 0.6) is 0 Å². The largest absolute Gasteiger partial charge is 0.416 e. The molecule has 2 aromatic heterocycles. The van der Waals surface area contributed by atoms with Crippen LogP contribution in [-0.4, -0.2) is 28.0 Å². The number of rotatable bonds is 5. The third-order valence-electron chi connectivity index (χ3n) is 6.38. The zero-order chi connectivity index (χ0) is 24.4. The normalized spacial score (nSPS) is 15.3. The molecule has 1 atom stereocenters. The van der Waals surface area contributed by atoms with Crippen molar-refractivity contribution in [1.82, 2.24) is 15.0 Å². The number of anilines is 1. The molecule has 0 unspecified atom stereocenters. The van der Waals surface area contributed by atoms with Crippen LogP contribution in [0.1, 0.15) is 48.8 Å². The van der Waals surface area contributed by atoms with E-state index in [1.165, 1.54) is 29.9 Å². The Morgan fingerprint density at radius 2 is 1.74 bits per heavy atom. The van der Waals surface area contributed by atoms with Gasteiger partial charge in [-0.2, -0.15) is 13.2 Å². The standard InChI is InChI=1S/C27H24F3N4S/c1-18(19-9-4-2-5-10-19)22-16-31-17-32-24(22)25-23(20-11-8-12-21(15-20)27(28,29)30)33-26(35-25)34-13-6-3-7-14-34/h2,4-5,8-12,15-16,18H,3,6-7,13-14H2,1H3/t18-/m0/s1. The lowest BCUT2D eigenvalue weighted by molar-refractivity contribution is -0.137. The minimum Gasteiger partial charge on any atom is -0.348 e. The highest BCUT2D eigenvalue weighted by molar-refractivity contribution is 7.19. The summed E-state index contributed by atoms with van der Waals surface area (Å²) < 4.78 is 40.5. The molecule has 4 nitrogen and oxygen atoms in total. The highest BCUT2D eigenvalue weighted by atomic mass is 32.1. The van der Waals surface area contributed by atoms with Gasteiger partial charge in [-0.25, -0.2) is 15.0 Å². The summed E-state index contributed by atoms with van der Waals surface area (Å²) in [6.07, 6.45) is 3.33. The SMILES string of the molecule is C[C@@H](c1ccccc1)c1cn[c]nc1-c1sc(N2CCCCC2)nc1-c1cccc(C(F)(F)F)c1. The van der Waals surface area contributed by atoms with E-state index in [9.17, 15) is 13.2 Å². The highest BCUT2D eigenvalue weighted by Crippen LogP contribution is 2.44. The van der Waals surface area contributed by atoms with Crippen LogP contribution >= 0.6 is 11.3 Å². The maximum absolute atomic E-state index is 13.5. The van der Waals surface area contributed by atoms with Gasteiger partial charge in [0.25, 0.3) is 0 Å². The average Bonchev–Trinajstić information content (AvgIpc) is 3.34. The van der Waals surface area contributed by atoms with Crippen molar-refractivity contribution in [1.29, 1.82) is 0 Å². The second kappa shape index (κ2) is 9.77. The second-order valence-electron chi connectivity index (χ2n) is 8.71. The lowest BCUT2D eigenvalue weighted by atomic mass is 9.92. The number of hydrogen-bond acceptors (Lipinski definition) is 5. The van der Waals surface area contributed by atoms with Crippen molar-refractivity contribution in [3.8, 4) is 21.8 Å². The number of benzene rings is 2. The fraction of sp³-hybridized carbons (Fsp3) is 0.296. The maximum Gasteiger partial charge on any atom is 0.416 e. The third-order valence-corrected chi connectivity index (χ3v) is 7.51. The van der Waals surface area contributed by atoms with Crippen LogP contribution in [0.2, 0.25) is 0 Å². The van der Waals surface area contributed by atoms with E-state index in [-0.39, 0.29) is 5.92 Å². The van der Waals surface area contributed by atoms with Crippen molar-refractivity contribution in [2.45, 2.75) is 38.3 Å². The number of alkyl halides is 3. The fourth-order valence-corrected chi connectivity index (χ4v) is 5.60. The summed E-state index contributed by atoms with van der Waals surface area (Å²) in [7, 11) is 0. The molecule has 8 heteroatoms. The molecule has 2 aromatic carbocycles. The van der Waals surface area contributed by atoms with E-state index in [4.69, 9.17) is 4.98 Å². The third kappa shape index (κ3) is 4.93. The lowest BCUT2D eigenvalue weighted by Crippen LogP contribution is -2.29. The van der Waals surface area contributed by atoms with Crippen molar-refractivity contribution in [2.75, 3.05) is 18.0 Å². The van der Waals surface area contributed by atoms with E-state index in [1.807, 2.05) is 30.3 Å². The van der Waals surface area contributed by atoms with Gasteiger partial charge in [-0.05, 0) is 37.0 Å². The van der Waals surface area contributed by atoms with Crippen LogP contribution in [0, 0.1) is 6.33 Å². The van der Waals surface area contributed by atoms with Crippen LogP contribution in [0.15, 0.2) is 60.8 Å². The summed E-state index contributed by atoms with van der Waals surface area (Å²) in [4.78, 5) is 16.5. The number of halogens is 3. The summed E-state index contributed by atoms with van der Waals surface area (Å²) in [5.74, 6) is -0.0179. The van der Waals surface area contributed by atoms with Gasteiger partial charge in [0.1, 0.15) is 0 Å². The minimum atomic E-state index is -4.43. The average molecular weight is 494 g/mol. The summed E-state index contributed by atoms with van der Waals surface area (Å²) in [5.41, 5.74) is 2.88. The summed E-state index contributed by atoms with van der Waals surface area (Å²) in [5, 5.41) is 0.809. The van der Waals surface area contributed by atoms with Crippen molar-refractivity contribution >= 4 is 16.5 Å². The zero-order valence-corrected chi connectivity index (χ0v) is 20.0. The Bertz CT molecular complexity index is 1300. The molecule has 179 valence electrons. The van der Waals surface area contributed by atoms with Gasteiger partial charge < -0.3 is 4.90 Å². The Morgan fingerprint density at radius 1 is 0.971 bits per heavy atom. The zero-order valence-electron chi connectivity index (χ0n) is 19.2. The van der Waals surface area contributed by atoms with E-state index >= 15 is 0 Å². The predicted molar refractivity (Wildman–Crippen MR) is 132 cm³/mol. The Hall–Kier alpha value is -3.26. The van der Waals surface area contributed by atoms with Crippen LogP contribution in [0.4, 0.5) is 18.3 Å². The minimum absolute atomic E-state index is 0.0179. The molecule has 0 aliphatic carbocycles. The van der Waals surface area contributed by atoms with Crippen LogP contribution in [-0.2, 0) is 6.18 Å². The molecular formula is C27H24F3N4S. The molecule has 0 bridgehead atoms. The van der Waals surface area contributed by atoms with Gasteiger partial charge in [0.05, 0.1) is 21.8 Å². The van der Waals surface area contributed by atoms with E-state index < -0.39 is 11.7 Å². The molecule has 3 heterocycles. The van der Waals surface area contributed by atoms with Gasteiger partial charge in [-0.1, -0.05) is 60.7 Å². The van der Waals surface area contributed by atoms with Crippen molar-refractivity contribution in [2.24, 2.45) is 0 Å². The van der Waals surface area contributed by atoms with E-state index in [1.54, 1.807) is 12.3 Å². The van der Waals surface area contributed by atoms with Crippen LogP contribution < -0.4 is 4.90 Å². The first-order chi connectivity index (χ1) is 16.9. The van der Waals surface area contributed by atoms with Gasteiger partial charge in [-0.3, -0.25) is 0 Å². The molecule has 0 amide bonds. The maximum atomic E-state index is 13.5. The highest BCUT2D eigenvalue weighted by Gasteiger charge is 2.31. The quantitative estimate of drug-likeness (QED) is 0.294. The predicted octanol–water partition coefficient (Wildman–Crippen LogP) is 7.23. The first kappa shape index (κ1) is 23.5. The first-order valence-corrected chi connectivity index (χ1v) is 12.4. The Kier molecular flexibility index (Phi) is 6.56. The van der Waals surface area contributed by atoms with Crippen molar-refractivity contribution in [3.63, 3.8) is 0 Å². The Labute approximate surface area is 206 Å². The molecular weight excluding hydrogens is 469 g/mol. The summed E-state index contributed by atoms with van der Waals surface area (Å²) in [6, 6.07) is 15.4. The topological polar surface area (TPSA) is 41.9 Å². The molecule has 1 saturated heterocycles. The van der Waals surface area contributed by atoms with Crippen LogP contribution in [0.25, 0.3) is 21.8 Å². The summed E-state index contributed by atoms with van der Waals surface area (Å²) in [6.45, 7) is 3.85. The number of hydrogen-bond donors (Lipinski definition) is 0. The van der Waals surface area contributed by atoms with Crippen molar-refractivity contribution in [3.05, 3.63) is 83.8 Å². The number of thiazole rings is 1. The van der Waals surface area contributed by atoms with Gasteiger partial charge >= 0.3 is 6.18 Å². The molecule has 35 heavy (non-hydrogen) atoms. The monoisotopic (exact) mass is 493 g/mol. The summed E-state index contributed by atoms with van der Waals surface area (Å²) >= 11 is 1.48. The van der Waals surface area contributed by atoms with Gasteiger partial charge in [-0.15, -0.1) is 0 Å². The molecule has 1 radical (unpaired) electrons. The second-order valence-corrected chi connectivity index (χ2v) is 9.68. The fourth-order valence-electron chi connectivity index (χ4n) is 4.45. The lowest BCUT2D eigenvalue weighted by Gasteiger charge is -2.25. The molecule has 1 aliphatic rings. The number of aromatic nitrogens is 3. The first-order valence-electron chi connectivity index (χ1n) is 11.6. The van der Waals surface area contributed by atoms with E-state index in [0.29, 0.717) is 17.0 Å². The molecule has 0 spiro atoms. The Morgan fingerprint density at radius 3 is 2.49 bits per heavy atom. The van der Waals surface area contributed by atoms with E-state index in [0.717, 1.165) is 53.1 Å². The van der Waals surface area contributed by atoms with Crippen LogP contribution in [0.3, 0.4) is 0 Å². The molecule has 0 saturated carbocycles.